The number of methoxy groups -OCH3 is 1. The molecule has 1 amide bonds. The summed E-state index contributed by atoms with van der Waals surface area (Å²) in [6, 6.07) is 5.44. The molecule has 21 heavy (non-hydrogen) atoms. The van der Waals surface area contributed by atoms with Gasteiger partial charge in [-0.25, -0.2) is 0 Å². The largest absolute Gasteiger partial charge is 0.496 e. The number of ether oxygens (including phenoxy) is 1. The van der Waals surface area contributed by atoms with Crippen LogP contribution in [0.5, 0.6) is 5.75 Å². The molecule has 0 N–H and O–H groups in total. The van der Waals surface area contributed by atoms with E-state index in [1.54, 1.807) is 19.2 Å². The summed E-state index contributed by atoms with van der Waals surface area (Å²) < 4.78 is 11.6. The van der Waals surface area contributed by atoms with Crippen LogP contribution in [0.4, 0.5) is 0 Å². The summed E-state index contributed by atoms with van der Waals surface area (Å²) in [5.74, 6) is 1.38. The summed E-state index contributed by atoms with van der Waals surface area (Å²) in [6.45, 7) is 3.58. The van der Waals surface area contributed by atoms with Crippen LogP contribution in [-0.2, 0) is 0 Å². The number of benzene rings is 1. The third kappa shape index (κ3) is 2.93. The molecule has 1 heterocycles. The lowest BCUT2D eigenvalue weighted by molar-refractivity contribution is 0.0756. The number of hydrogen-bond acceptors (Lipinski definition) is 3. The number of hydrogen-bond donors (Lipinski definition) is 0. The van der Waals surface area contributed by atoms with Crippen LogP contribution in [-0.4, -0.2) is 31.0 Å². The van der Waals surface area contributed by atoms with Crippen LogP contribution in [0.15, 0.2) is 27.3 Å². The topological polar surface area (TPSA) is 42.7 Å². The molecule has 0 radical (unpaired) electrons. The Labute approximate surface area is 132 Å². The molecule has 3 rings (SSSR count). The zero-order valence-corrected chi connectivity index (χ0v) is 13.8. The van der Waals surface area contributed by atoms with Crippen molar-refractivity contribution in [3.63, 3.8) is 0 Å². The van der Waals surface area contributed by atoms with Crippen LogP contribution >= 0.6 is 15.9 Å². The van der Waals surface area contributed by atoms with Crippen LogP contribution in [0, 0.1) is 5.92 Å². The van der Waals surface area contributed by atoms with Gasteiger partial charge in [-0.05, 0) is 53.7 Å². The molecule has 2 aromatic rings. The molecule has 1 fully saturated rings. The van der Waals surface area contributed by atoms with E-state index in [9.17, 15) is 4.79 Å². The summed E-state index contributed by atoms with van der Waals surface area (Å²) in [5.41, 5.74) is 1.27. The van der Waals surface area contributed by atoms with Crippen molar-refractivity contribution in [2.45, 2.75) is 19.8 Å². The Bertz CT molecular complexity index is 675. The van der Waals surface area contributed by atoms with E-state index in [0.29, 0.717) is 27.5 Å². The van der Waals surface area contributed by atoms with E-state index in [1.165, 1.54) is 12.8 Å². The van der Waals surface area contributed by atoms with E-state index in [-0.39, 0.29) is 5.91 Å². The molecule has 0 atom stereocenters. The predicted octanol–water partition coefficient (Wildman–Crippen LogP) is 4.08. The van der Waals surface area contributed by atoms with Crippen molar-refractivity contribution in [1.29, 1.82) is 0 Å². The second-order valence-electron chi connectivity index (χ2n) is 5.43. The number of rotatable bonds is 5. The first kappa shape index (κ1) is 14.4. The Morgan fingerprint density at radius 3 is 2.81 bits per heavy atom. The number of nitrogens with zero attached hydrogens (tertiary/aromatic N) is 1. The molecule has 0 bridgehead atoms. The minimum Gasteiger partial charge on any atom is -0.496 e. The summed E-state index contributed by atoms with van der Waals surface area (Å²) >= 11 is 3.32. The molecule has 4 nitrogen and oxygen atoms in total. The SMILES string of the molecule is CCN(CC1CC1)C(=O)c1cc(OC)c2cc(Br)oc2c1. The Morgan fingerprint density at radius 1 is 1.43 bits per heavy atom. The van der Waals surface area contributed by atoms with Crippen molar-refractivity contribution in [1.82, 2.24) is 4.90 Å². The average Bonchev–Trinajstić information content (AvgIpc) is 3.22. The zero-order chi connectivity index (χ0) is 15.0. The minimum atomic E-state index is 0.0390. The minimum absolute atomic E-state index is 0.0390. The van der Waals surface area contributed by atoms with Crippen molar-refractivity contribution in [3.05, 3.63) is 28.4 Å². The van der Waals surface area contributed by atoms with Crippen molar-refractivity contribution in [3.8, 4) is 5.75 Å². The Hall–Kier alpha value is -1.49. The lowest BCUT2D eigenvalue weighted by atomic mass is 10.1. The summed E-state index contributed by atoms with van der Waals surface area (Å²) in [6.07, 6.45) is 2.47. The quantitative estimate of drug-likeness (QED) is 0.815. The maximum Gasteiger partial charge on any atom is 0.254 e. The monoisotopic (exact) mass is 351 g/mol. The normalized spacial score (nSPS) is 14.4. The van der Waals surface area contributed by atoms with Crippen LogP contribution in [0.1, 0.15) is 30.1 Å². The molecular weight excluding hydrogens is 334 g/mol. The molecule has 0 aliphatic heterocycles. The lowest BCUT2D eigenvalue weighted by Gasteiger charge is -2.21. The van der Waals surface area contributed by atoms with E-state index in [4.69, 9.17) is 9.15 Å². The Morgan fingerprint density at radius 2 is 2.19 bits per heavy atom. The third-order valence-electron chi connectivity index (χ3n) is 3.88. The smallest absolute Gasteiger partial charge is 0.254 e. The fourth-order valence-electron chi connectivity index (χ4n) is 2.52. The number of amides is 1. The van der Waals surface area contributed by atoms with E-state index in [0.717, 1.165) is 18.5 Å². The molecule has 112 valence electrons. The molecule has 5 heteroatoms. The highest BCUT2D eigenvalue weighted by Gasteiger charge is 2.27. The molecule has 0 spiro atoms. The van der Waals surface area contributed by atoms with E-state index >= 15 is 0 Å². The molecule has 0 saturated heterocycles. The van der Waals surface area contributed by atoms with Gasteiger partial charge in [-0.3, -0.25) is 4.79 Å². The first-order valence-corrected chi connectivity index (χ1v) is 7.98. The standard InChI is InChI=1S/C16H18BrNO3/c1-3-18(9-10-4-5-10)16(19)11-6-13(20-2)12-8-15(17)21-14(12)7-11/h6-8,10H,3-5,9H2,1-2H3. The second kappa shape index (κ2) is 5.72. The number of halogens is 1. The summed E-state index contributed by atoms with van der Waals surface area (Å²) in [7, 11) is 1.60. The van der Waals surface area contributed by atoms with Gasteiger partial charge in [-0.15, -0.1) is 0 Å². The van der Waals surface area contributed by atoms with Crippen molar-refractivity contribution >= 4 is 32.8 Å². The fraction of sp³-hybridized carbons (Fsp3) is 0.438. The molecule has 1 aromatic carbocycles. The van der Waals surface area contributed by atoms with Gasteiger partial charge in [0.25, 0.3) is 5.91 Å². The van der Waals surface area contributed by atoms with Crippen molar-refractivity contribution in [2.24, 2.45) is 5.92 Å². The number of furan rings is 1. The van der Waals surface area contributed by atoms with Gasteiger partial charge in [0.15, 0.2) is 4.67 Å². The van der Waals surface area contributed by atoms with Crippen molar-refractivity contribution < 1.29 is 13.9 Å². The average molecular weight is 352 g/mol. The van der Waals surface area contributed by atoms with Gasteiger partial charge in [0, 0.05) is 24.7 Å². The van der Waals surface area contributed by atoms with Crippen LogP contribution in [0.25, 0.3) is 11.0 Å². The maximum absolute atomic E-state index is 12.7. The first-order valence-electron chi connectivity index (χ1n) is 7.18. The fourth-order valence-corrected chi connectivity index (χ4v) is 2.92. The lowest BCUT2D eigenvalue weighted by Crippen LogP contribution is -2.32. The molecule has 1 aromatic heterocycles. The number of carbonyl (C=O) groups excluding carboxylic acids is 1. The Kier molecular flexibility index (Phi) is 3.93. The molecule has 1 saturated carbocycles. The van der Waals surface area contributed by atoms with Gasteiger partial charge in [0.1, 0.15) is 11.3 Å². The van der Waals surface area contributed by atoms with E-state index in [2.05, 4.69) is 15.9 Å². The zero-order valence-electron chi connectivity index (χ0n) is 12.2. The molecule has 0 unspecified atom stereocenters. The summed E-state index contributed by atoms with van der Waals surface area (Å²) in [4.78, 5) is 14.6. The van der Waals surface area contributed by atoms with Gasteiger partial charge in [0.2, 0.25) is 0 Å². The van der Waals surface area contributed by atoms with Crippen LogP contribution in [0.3, 0.4) is 0 Å². The second-order valence-corrected chi connectivity index (χ2v) is 6.21. The predicted molar refractivity (Wildman–Crippen MR) is 84.8 cm³/mol. The van der Waals surface area contributed by atoms with Gasteiger partial charge in [0.05, 0.1) is 12.5 Å². The molecule has 1 aliphatic rings. The van der Waals surface area contributed by atoms with Crippen LogP contribution < -0.4 is 4.74 Å². The van der Waals surface area contributed by atoms with Crippen LogP contribution in [0.2, 0.25) is 0 Å². The number of carbonyl (C=O) groups is 1. The molecular formula is C16H18BrNO3. The number of fused-ring (bicyclic) bond motifs is 1. The summed E-state index contributed by atoms with van der Waals surface area (Å²) in [5, 5.41) is 0.867. The van der Waals surface area contributed by atoms with Gasteiger partial charge in [-0.1, -0.05) is 0 Å². The third-order valence-corrected chi connectivity index (χ3v) is 4.27. The highest BCUT2D eigenvalue weighted by atomic mass is 79.9. The molecule has 1 aliphatic carbocycles. The van der Waals surface area contributed by atoms with E-state index in [1.807, 2.05) is 17.9 Å². The first-order chi connectivity index (χ1) is 10.1. The highest BCUT2D eigenvalue weighted by molar-refractivity contribution is 9.10. The van der Waals surface area contributed by atoms with E-state index < -0.39 is 0 Å². The highest BCUT2D eigenvalue weighted by Crippen LogP contribution is 2.34. The van der Waals surface area contributed by atoms with Crippen molar-refractivity contribution in [2.75, 3.05) is 20.2 Å². The van der Waals surface area contributed by atoms with Gasteiger partial charge in [-0.2, -0.15) is 0 Å². The van der Waals surface area contributed by atoms with Gasteiger partial charge >= 0.3 is 0 Å². The maximum atomic E-state index is 12.7. The van der Waals surface area contributed by atoms with Gasteiger partial charge < -0.3 is 14.1 Å². The Balaban J connectivity index is 1.96.